The predicted octanol–water partition coefficient (Wildman–Crippen LogP) is 2.04. The zero-order valence-corrected chi connectivity index (χ0v) is 12.1. The van der Waals surface area contributed by atoms with Crippen LogP contribution in [0.4, 0.5) is 0 Å². The second-order valence-corrected chi connectivity index (χ2v) is 5.68. The minimum absolute atomic E-state index is 0.349. The van der Waals surface area contributed by atoms with Crippen molar-refractivity contribution in [2.75, 3.05) is 27.3 Å². The van der Waals surface area contributed by atoms with Gasteiger partial charge in [-0.05, 0) is 42.5 Å². The zero-order chi connectivity index (χ0) is 14.1. The number of carbonyl (C=O) groups excluding carboxylic acids is 1. The van der Waals surface area contributed by atoms with E-state index >= 15 is 0 Å². The Hall–Kier alpha value is -1.55. The third-order valence-electron chi connectivity index (χ3n) is 4.21. The summed E-state index contributed by atoms with van der Waals surface area (Å²) in [6.07, 6.45) is 3.15. The Kier molecular flexibility index (Phi) is 3.66. The number of ether oxygens (including phenoxy) is 2. The van der Waals surface area contributed by atoms with Crippen molar-refractivity contribution in [1.82, 2.24) is 4.90 Å². The fourth-order valence-electron chi connectivity index (χ4n) is 2.83. The van der Waals surface area contributed by atoms with Crippen LogP contribution in [-0.4, -0.2) is 38.0 Å². The molecule has 3 rings (SSSR count). The number of hydrogen-bond acceptors (Lipinski definition) is 4. The molecule has 4 heteroatoms. The highest BCUT2D eigenvalue weighted by atomic mass is 16.5. The van der Waals surface area contributed by atoms with Crippen LogP contribution in [0.1, 0.15) is 24.0 Å². The lowest BCUT2D eigenvalue weighted by Gasteiger charge is -2.29. The van der Waals surface area contributed by atoms with Gasteiger partial charge in [-0.1, -0.05) is 0 Å². The van der Waals surface area contributed by atoms with Crippen molar-refractivity contribution in [3.63, 3.8) is 0 Å². The molecule has 1 heterocycles. The van der Waals surface area contributed by atoms with Crippen LogP contribution in [-0.2, 0) is 17.8 Å². The molecule has 1 fully saturated rings. The van der Waals surface area contributed by atoms with Crippen LogP contribution in [0.2, 0.25) is 0 Å². The number of methoxy groups -OCH3 is 2. The standard InChI is InChI=1S/C16H21NO3/c1-19-15-7-12-5-6-17(10-14(18)11-3-4-11)9-13(12)8-16(15)20-2/h7-8,11H,3-6,9-10H2,1-2H3. The van der Waals surface area contributed by atoms with E-state index in [1.807, 2.05) is 6.07 Å². The van der Waals surface area contributed by atoms with E-state index in [-0.39, 0.29) is 0 Å². The number of Topliss-reactive ketones (excluding diaryl/α,β-unsaturated/α-hetero) is 1. The first-order valence-corrected chi connectivity index (χ1v) is 7.20. The van der Waals surface area contributed by atoms with Gasteiger partial charge in [-0.2, -0.15) is 0 Å². The molecule has 0 saturated heterocycles. The van der Waals surface area contributed by atoms with Crippen molar-refractivity contribution in [3.8, 4) is 11.5 Å². The molecule has 4 nitrogen and oxygen atoms in total. The van der Waals surface area contributed by atoms with Gasteiger partial charge in [-0.25, -0.2) is 0 Å². The number of hydrogen-bond donors (Lipinski definition) is 0. The summed E-state index contributed by atoms with van der Waals surface area (Å²) in [5, 5.41) is 0. The topological polar surface area (TPSA) is 38.8 Å². The van der Waals surface area contributed by atoms with Gasteiger partial charge >= 0.3 is 0 Å². The molecule has 20 heavy (non-hydrogen) atoms. The Labute approximate surface area is 119 Å². The maximum Gasteiger partial charge on any atom is 0.161 e. The van der Waals surface area contributed by atoms with E-state index in [0.29, 0.717) is 18.2 Å². The quantitative estimate of drug-likeness (QED) is 0.824. The molecule has 0 radical (unpaired) electrons. The summed E-state index contributed by atoms with van der Waals surface area (Å²) >= 11 is 0. The van der Waals surface area contributed by atoms with Crippen molar-refractivity contribution < 1.29 is 14.3 Å². The van der Waals surface area contributed by atoms with Gasteiger partial charge in [-0.3, -0.25) is 9.69 Å². The molecule has 1 aliphatic heterocycles. The van der Waals surface area contributed by atoms with Gasteiger partial charge in [0.2, 0.25) is 0 Å². The molecule has 1 aliphatic carbocycles. The van der Waals surface area contributed by atoms with Gasteiger partial charge in [0, 0.05) is 19.0 Å². The Morgan fingerprint density at radius 2 is 1.85 bits per heavy atom. The van der Waals surface area contributed by atoms with Crippen LogP contribution in [0.5, 0.6) is 11.5 Å². The highest BCUT2D eigenvalue weighted by molar-refractivity contribution is 5.85. The van der Waals surface area contributed by atoms with Gasteiger partial charge in [0.1, 0.15) is 5.78 Å². The number of nitrogens with zero attached hydrogens (tertiary/aromatic N) is 1. The molecule has 1 aromatic carbocycles. The average Bonchev–Trinajstić information content (AvgIpc) is 3.30. The molecule has 0 spiro atoms. The smallest absolute Gasteiger partial charge is 0.161 e. The third-order valence-corrected chi connectivity index (χ3v) is 4.21. The van der Waals surface area contributed by atoms with Crippen LogP contribution >= 0.6 is 0 Å². The first-order chi connectivity index (χ1) is 9.71. The second-order valence-electron chi connectivity index (χ2n) is 5.68. The zero-order valence-electron chi connectivity index (χ0n) is 12.1. The minimum atomic E-state index is 0.349. The number of carbonyl (C=O) groups is 1. The lowest BCUT2D eigenvalue weighted by Crippen LogP contribution is -2.35. The summed E-state index contributed by atoms with van der Waals surface area (Å²) in [4.78, 5) is 14.2. The number of fused-ring (bicyclic) bond motifs is 1. The monoisotopic (exact) mass is 275 g/mol. The Balaban J connectivity index is 1.74. The van der Waals surface area contributed by atoms with Crippen molar-refractivity contribution in [3.05, 3.63) is 23.3 Å². The Bertz CT molecular complexity index is 523. The van der Waals surface area contributed by atoms with E-state index in [1.54, 1.807) is 14.2 Å². The molecule has 2 aliphatic rings. The highest BCUT2D eigenvalue weighted by Gasteiger charge is 2.31. The van der Waals surface area contributed by atoms with Crippen LogP contribution in [0.25, 0.3) is 0 Å². The largest absolute Gasteiger partial charge is 0.493 e. The summed E-state index contributed by atoms with van der Waals surface area (Å²) < 4.78 is 10.7. The third kappa shape index (κ3) is 2.66. The molecule has 0 unspecified atom stereocenters. The molecule has 0 bridgehead atoms. The van der Waals surface area contributed by atoms with Gasteiger partial charge in [-0.15, -0.1) is 0 Å². The SMILES string of the molecule is COc1cc2c(cc1OC)CN(CC(=O)C1CC1)CC2. The van der Waals surface area contributed by atoms with Crippen LogP contribution in [0.15, 0.2) is 12.1 Å². The van der Waals surface area contributed by atoms with Crippen molar-refractivity contribution in [2.24, 2.45) is 5.92 Å². The molecule has 0 atom stereocenters. The van der Waals surface area contributed by atoms with E-state index in [2.05, 4.69) is 11.0 Å². The maximum atomic E-state index is 11.9. The first kappa shape index (κ1) is 13.4. The average molecular weight is 275 g/mol. The summed E-state index contributed by atoms with van der Waals surface area (Å²) in [7, 11) is 3.31. The molecule has 0 aromatic heterocycles. The Morgan fingerprint density at radius 1 is 1.20 bits per heavy atom. The highest BCUT2D eigenvalue weighted by Crippen LogP contribution is 2.34. The molecular formula is C16H21NO3. The van der Waals surface area contributed by atoms with Crippen molar-refractivity contribution in [2.45, 2.75) is 25.8 Å². The number of ketones is 1. The molecule has 1 aromatic rings. The molecule has 1 saturated carbocycles. The molecule has 108 valence electrons. The molecular weight excluding hydrogens is 254 g/mol. The van der Waals surface area contributed by atoms with E-state index in [0.717, 1.165) is 43.9 Å². The second kappa shape index (κ2) is 5.44. The summed E-state index contributed by atoms with van der Waals surface area (Å²) in [5.74, 6) is 2.31. The van der Waals surface area contributed by atoms with Gasteiger partial charge in [0.15, 0.2) is 11.5 Å². The minimum Gasteiger partial charge on any atom is -0.493 e. The van der Waals surface area contributed by atoms with Crippen LogP contribution < -0.4 is 9.47 Å². The molecule has 0 N–H and O–H groups in total. The predicted molar refractivity (Wildman–Crippen MR) is 76.3 cm³/mol. The summed E-state index contributed by atoms with van der Waals surface area (Å²) in [6.45, 7) is 2.37. The van der Waals surface area contributed by atoms with Crippen molar-refractivity contribution >= 4 is 5.78 Å². The lowest BCUT2D eigenvalue weighted by atomic mass is 9.98. The normalized spacial score (nSPS) is 18.5. The van der Waals surface area contributed by atoms with Crippen LogP contribution in [0.3, 0.4) is 0 Å². The summed E-state index contributed by atoms with van der Waals surface area (Å²) in [6, 6.07) is 4.11. The van der Waals surface area contributed by atoms with Crippen molar-refractivity contribution in [1.29, 1.82) is 0 Å². The number of rotatable bonds is 5. The van der Waals surface area contributed by atoms with Crippen LogP contribution in [0, 0.1) is 5.92 Å². The van der Waals surface area contributed by atoms with Gasteiger partial charge < -0.3 is 9.47 Å². The fourth-order valence-corrected chi connectivity index (χ4v) is 2.83. The Morgan fingerprint density at radius 3 is 2.45 bits per heavy atom. The van der Waals surface area contributed by atoms with E-state index in [9.17, 15) is 4.79 Å². The first-order valence-electron chi connectivity index (χ1n) is 7.20. The van der Waals surface area contributed by atoms with E-state index < -0.39 is 0 Å². The number of benzene rings is 1. The van der Waals surface area contributed by atoms with Gasteiger partial charge in [0.05, 0.1) is 20.8 Å². The van der Waals surface area contributed by atoms with Gasteiger partial charge in [0.25, 0.3) is 0 Å². The maximum absolute atomic E-state index is 11.9. The van der Waals surface area contributed by atoms with E-state index in [4.69, 9.17) is 9.47 Å². The lowest BCUT2D eigenvalue weighted by molar-refractivity contribution is -0.121. The van der Waals surface area contributed by atoms with E-state index in [1.165, 1.54) is 11.1 Å². The molecule has 0 amide bonds. The summed E-state index contributed by atoms with van der Waals surface area (Å²) in [5.41, 5.74) is 2.55. The fraction of sp³-hybridized carbons (Fsp3) is 0.562.